The number of nitrogens with two attached hydrogens (primary N) is 1. The van der Waals surface area contributed by atoms with Crippen LogP contribution in [0.25, 0.3) is 11.2 Å². The Balaban J connectivity index is 1.92. The number of ether oxygens (including phenoxy) is 1. The molecule has 0 bridgehead atoms. The zero-order valence-corrected chi connectivity index (χ0v) is 20.7. The molecule has 35 heavy (non-hydrogen) atoms. The van der Waals surface area contributed by atoms with E-state index in [-0.39, 0.29) is 12.3 Å². The van der Waals surface area contributed by atoms with Gasteiger partial charge in [0, 0.05) is 6.54 Å². The van der Waals surface area contributed by atoms with Gasteiger partial charge in [0.25, 0.3) is 11.6 Å². The summed E-state index contributed by atoms with van der Waals surface area (Å²) < 4.78 is 6.78. The van der Waals surface area contributed by atoms with Crippen molar-refractivity contribution in [2.75, 3.05) is 31.3 Å². The molecule has 12 nitrogen and oxygen atoms in total. The minimum atomic E-state index is -2.21. The van der Waals surface area contributed by atoms with Crippen LogP contribution in [0.15, 0.2) is 34.8 Å². The highest BCUT2D eigenvalue weighted by Gasteiger charge is 2.60. The van der Waals surface area contributed by atoms with Crippen LogP contribution in [0, 0.1) is 0 Å². The van der Waals surface area contributed by atoms with Crippen molar-refractivity contribution in [1.29, 1.82) is 0 Å². The number of nitrogens with zero attached hydrogens (tertiary/aromatic N) is 4. The molecule has 3 heterocycles. The zero-order valence-electron chi connectivity index (χ0n) is 19.9. The second kappa shape index (κ2) is 11.5. The summed E-state index contributed by atoms with van der Waals surface area (Å²) in [5, 5.41) is 43.2. The Bertz CT molecular complexity index is 1120. The molecule has 3 rings (SSSR count). The molecule has 1 aliphatic heterocycles. The molecule has 0 saturated carbocycles. The minimum Gasteiger partial charge on any atom is -0.394 e. The highest BCUT2D eigenvalue weighted by Crippen LogP contribution is 2.38. The monoisotopic (exact) mass is 508 g/mol. The molecule has 1 amide bonds. The van der Waals surface area contributed by atoms with Gasteiger partial charge in [0.15, 0.2) is 22.1 Å². The second-order valence-corrected chi connectivity index (χ2v) is 9.13. The van der Waals surface area contributed by atoms with Gasteiger partial charge in [0.1, 0.15) is 24.6 Å². The van der Waals surface area contributed by atoms with E-state index >= 15 is 0 Å². The van der Waals surface area contributed by atoms with E-state index in [4.69, 9.17) is 15.6 Å². The number of fused-ring (bicyclic) bond motifs is 1. The van der Waals surface area contributed by atoms with Crippen LogP contribution >= 0.6 is 11.8 Å². The number of carbonyl (C=O) groups is 1. The Morgan fingerprint density at radius 3 is 2.63 bits per heavy atom. The molecule has 0 spiro atoms. The molecule has 7 N–H and O–H groups in total. The van der Waals surface area contributed by atoms with Crippen LogP contribution in [0.1, 0.15) is 26.7 Å². The molecule has 0 aromatic carbocycles. The smallest absolute Gasteiger partial charge is 0.274 e. The number of hydrogen-bond donors (Lipinski definition) is 6. The fraction of sp³-hybridized carbons (Fsp3) is 0.545. The molecule has 4 atom stereocenters. The van der Waals surface area contributed by atoms with Crippen molar-refractivity contribution in [3.8, 4) is 0 Å². The predicted octanol–water partition coefficient (Wildman–Crippen LogP) is -0.124. The largest absolute Gasteiger partial charge is 0.394 e. The van der Waals surface area contributed by atoms with E-state index in [1.165, 1.54) is 22.7 Å². The predicted molar refractivity (Wildman–Crippen MR) is 131 cm³/mol. The molecule has 1 fully saturated rings. The summed E-state index contributed by atoms with van der Waals surface area (Å²) in [6.45, 7) is 3.77. The first-order valence-electron chi connectivity index (χ1n) is 11.1. The average Bonchev–Trinajstić information content (AvgIpc) is 3.38. The fourth-order valence-corrected chi connectivity index (χ4v) is 4.20. The molecule has 13 heteroatoms. The number of aliphatic hydroxyl groups excluding tert-OH is 4. The van der Waals surface area contributed by atoms with E-state index in [0.29, 0.717) is 23.0 Å². The van der Waals surface area contributed by atoms with Crippen LogP contribution in [0.2, 0.25) is 0 Å². The lowest BCUT2D eigenvalue weighted by molar-refractivity contribution is -0.172. The molecular weight excluding hydrogens is 476 g/mol. The summed E-state index contributed by atoms with van der Waals surface area (Å²) in [6, 6.07) is 0. The van der Waals surface area contributed by atoms with Crippen LogP contribution in [-0.2, 0) is 15.3 Å². The van der Waals surface area contributed by atoms with Gasteiger partial charge in [0.2, 0.25) is 0 Å². The molecule has 1 saturated heterocycles. The normalized spacial score (nSPS) is 25.4. The Labute approximate surface area is 206 Å². The Kier molecular flexibility index (Phi) is 8.85. The number of hydrogen-bond acceptors (Lipinski definition) is 11. The number of amides is 1. The minimum absolute atomic E-state index is 0.0528. The fourth-order valence-electron chi connectivity index (χ4n) is 3.84. The van der Waals surface area contributed by atoms with E-state index in [1.807, 2.05) is 26.0 Å². The molecule has 1 aliphatic rings. The Morgan fingerprint density at radius 1 is 1.29 bits per heavy atom. The van der Waals surface area contributed by atoms with Crippen LogP contribution in [0.3, 0.4) is 0 Å². The number of aliphatic hydroxyl groups is 4. The maximum atomic E-state index is 12.5. The molecule has 2 aromatic rings. The Morgan fingerprint density at radius 2 is 2.03 bits per heavy atom. The van der Waals surface area contributed by atoms with Crippen LogP contribution < -0.4 is 11.1 Å². The lowest BCUT2D eigenvalue weighted by Gasteiger charge is -2.30. The number of aromatic nitrogens is 4. The average molecular weight is 509 g/mol. The number of thioether (sulfide) groups is 1. The molecular formula is C22H32N6O6S. The van der Waals surface area contributed by atoms with E-state index in [1.54, 1.807) is 6.26 Å². The van der Waals surface area contributed by atoms with Crippen molar-refractivity contribution in [2.45, 2.75) is 55.9 Å². The van der Waals surface area contributed by atoms with Crippen molar-refractivity contribution in [1.82, 2.24) is 19.5 Å². The van der Waals surface area contributed by atoms with Crippen LogP contribution in [0.5, 0.6) is 0 Å². The lowest BCUT2D eigenvalue weighted by atomic mass is 10.0. The highest BCUT2D eigenvalue weighted by molar-refractivity contribution is 7.98. The van der Waals surface area contributed by atoms with Crippen molar-refractivity contribution in [3.63, 3.8) is 0 Å². The standard InChI is InChI=1S/C22H32N6O6S/c1-12(5-4-6-13(2)9-29)7-8-24-18-15-19(27-21(26-18)35-3)28(11-25-15)22(20(23)33)17(32)16(31)14(10-30)34-22/h6-7,11,14,16-17,29-32H,4-5,8-10H2,1-3H3,(H2,23,33)(H,24,26,27)/b12-7+,13-6?/t14-,16-,17-,22+/m1/s1. The van der Waals surface area contributed by atoms with Crippen LogP contribution in [0.4, 0.5) is 5.82 Å². The van der Waals surface area contributed by atoms with Gasteiger partial charge in [-0.05, 0) is 32.9 Å². The third-order valence-corrected chi connectivity index (χ3v) is 6.43. The van der Waals surface area contributed by atoms with Gasteiger partial charge < -0.3 is 36.2 Å². The van der Waals surface area contributed by atoms with Crippen molar-refractivity contribution in [2.24, 2.45) is 5.73 Å². The molecule has 0 radical (unpaired) electrons. The number of allylic oxidation sites excluding steroid dienone is 2. The van der Waals surface area contributed by atoms with Crippen LogP contribution in [-0.4, -0.2) is 90.2 Å². The summed E-state index contributed by atoms with van der Waals surface area (Å²) in [7, 11) is 0. The summed E-state index contributed by atoms with van der Waals surface area (Å²) >= 11 is 1.27. The van der Waals surface area contributed by atoms with Gasteiger partial charge >= 0.3 is 0 Å². The van der Waals surface area contributed by atoms with Gasteiger partial charge in [-0.2, -0.15) is 0 Å². The highest BCUT2D eigenvalue weighted by atomic mass is 32.2. The molecule has 0 aliphatic carbocycles. The quantitative estimate of drug-likeness (QED) is 0.135. The summed E-state index contributed by atoms with van der Waals surface area (Å²) in [4.78, 5) is 25.8. The molecule has 192 valence electrons. The maximum Gasteiger partial charge on any atom is 0.274 e. The number of imidazole rings is 1. The number of carbonyl (C=O) groups excluding carboxylic acids is 1. The van der Waals surface area contributed by atoms with Gasteiger partial charge in [-0.15, -0.1) is 0 Å². The SMILES string of the molecule is CSc1nc(NC/C=C(\C)CCC=C(C)CO)c2ncn([C@]3(C(N)=O)O[C@H](CO)[C@@H](O)[C@H]3O)c2n1. The number of anilines is 1. The summed E-state index contributed by atoms with van der Waals surface area (Å²) in [6.07, 6.45) is 4.18. The zero-order chi connectivity index (χ0) is 25.8. The maximum absolute atomic E-state index is 12.5. The third-order valence-electron chi connectivity index (χ3n) is 5.89. The van der Waals surface area contributed by atoms with E-state index in [9.17, 15) is 20.1 Å². The van der Waals surface area contributed by atoms with E-state index < -0.39 is 36.6 Å². The summed E-state index contributed by atoms with van der Waals surface area (Å²) in [5.41, 5.74) is 5.98. The first-order valence-corrected chi connectivity index (χ1v) is 12.3. The van der Waals surface area contributed by atoms with Gasteiger partial charge in [-0.3, -0.25) is 9.36 Å². The van der Waals surface area contributed by atoms with Gasteiger partial charge in [-0.1, -0.05) is 35.1 Å². The van der Waals surface area contributed by atoms with Gasteiger partial charge in [-0.25, -0.2) is 15.0 Å². The van der Waals surface area contributed by atoms with Crippen molar-refractivity contribution >= 4 is 34.7 Å². The van der Waals surface area contributed by atoms with Crippen molar-refractivity contribution in [3.05, 3.63) is 29.6 Å². The molecule has 2 aromatic heterocycles. The second-order valence-electron chi connectivity index (χ2n) is 8.36. The first kappa shape index (κ1) is 27.0. The van der Waals surface area contributed by atoms with Gasteiger partial charge in [0.05, 0.1) is 13.2 Å². The number of primary amides is 1. The summed E-state index contributed by atoms with van der Waals surface area (Å²) in [5.74, 6) is -0.660. The van der Waals surface area contributed by atoms with E-state index in [2.05, 4.69) is 20.3 Å². The number of nitrogens with one attached hydrogen (secondary N) is 1. The topological polar surface area (TPSA) is 189 Å². The third kappa shape index (κ3) is 5.34. The van der Waals surface area contributed by atoms with Crippen molar-refractivity contribution < 1.29 is 30.0 Å². The molecule has 0 unspecified atom stereocenters. The number of rotatable bonds is 11. The Hall–Kier alpha value is -2.55. The lowest BCUT2D eigenvalue weighted by Crippen LogP contribution is -2.54. The first-order chi connectivity index (χ1) is 16.7. The van der Waals surface area contributed by atoms with E-state index in [0.717, 1.165) is 24.0 Å².